The molecule has 0 spiro atoms. The second kappa shape index (κ2) is 6.47. The van der Waals surface area contributed by atoms with Crippen LogP contribution in [0.15, 0.2) is 28.9 Å². The molecule has 2 nitrogen and oxygen atoms in total. The number of nitrogens with one attached hydrogen (secondary N) is 1. The standard InChI is InChI=1S/C17H22ClNO/c1-5-7-19-17(14-6-8-20-13(14)4)15-9-11(2)12(3)10-16(15)18/h6,8-10,17,19H,5,7H2,1-4H3. The lowest BCUT2D eigenvalue weighted by molar-refractivity contribution is 0.517. The van der Waals surface area contributed by atoms with Crippen LogP contribution in [0.4, 0.5) is 0 Å². The average Bonchev–Trinajstić information content (AvgIpc) is 2.82. The quantitative estimate of drug-likeness (QED) is 0.843. The van der Waals surface area contributed by atoms with Gasteiger partial charge in [-0.3, -0.25) is 0 Å². The lowest BCUT2D eigenvalue weighted by atomic mass is 9.95. The summed E-state index contributed by atoms with van der Waals surface area (Å²) in [5.74, 6) is 0.938. The molecule has 0 radical (unpaired) electrons. The smallest absolute Gasteiger partial charge is 0.105 e. The van der Waals surface area contributed by atoms with Crippen LogP contribution in [-0.2, 0) is 0 Å². The fourth-order valence-corrected chi connectivity index (χ4v) is 2.72. The Kier molecular flexibility index (Phi) is 4.90. The van der Waals surface area contributed by atoms with E-state index in [9.17, 15) is 0 Å². The van der Waals surface area contributed by atoms with Gasteiger partial charge in [-0.2, -0.15) is 0 Å². The van der Waals surface area contributed by atoms with E-state index in [1.165, 1.54) is 11.1 Å². The van der Waals surface area contributed by atoms with Crippen molar-refractivity contribution in [3.8, 4) is 0 Å². The van der Waals surface area contributed by atoms with Crippen LogP contribution in [0.5, 0.6) is 0 Å². The van der Waals surface area contributed by atoms with Gasteiger partial charge in [0.2, 0.25) is 0 Å². The fourth-order valence-electron chi connectivity index (χ4n) is 2.39. The van der Waals surface area contributed by atoms with Gasteiger partial charge in [-0.05, 0) is 62.6 Å². The zero-order valence-electron chi connectivity index (χ0n) is 12.6. The molecule has 1 aromatic heterocycles. The minimum Gasteiger partial charge on any atom is -0.469 e. The Morgan fingerprint density at radius 3 is 2.45 bits per heavy atom. The summed E-state index contributed by atoms with van der Waals surface area (Å²) in [6.07, 6.45) is 2.82. The summed E-state index contributed by atoms with van der Waals surface area (Å²) in [5.41, 5.74) is 4.75. The van der Waals surface area contributed by atoms with Crippen LogP contribution in [0.25, 0.3) is 0 Å². The molecule has 0 saturated heterocycles. The lowest BCUT2D eigenvalue weighted by Gasteiger charge is -2.21. The highest BCUT2D eigenvalue weighted by Gasteiger charge is 2.20. The van der Waals surface area contributed by atoms with Gasteiger partial charge in [0.05, 0.1) is 12.3 Å². The predicted octanol–water partition coefficient (Wildman–Crippen LogP) is 4.95. The predicted molar refractivity (Wildman–Crippen MR) is 84.5 cm³/mol. The number of furan rings is 1. The molecule has 1 atom stereocenters. The molecule has 2 rings (SSSR count). The van der Waals surface area contributed by atoms with E-state index in [1.54, 1.807) is 6.26 Å². The molecule has 1 N–H and O–H groups in total. The molecule has 0 aliphatic heterocycles. The second-order valence-electron chi connectivity index (χ2n) is 5.28. The van der Waals surface area contributed by atoms with Crippen LogP contribution in [0.2, 0.25) is 5.02 Å². The van der Waals surface area contributed by atoms with E-state index in [2.05, 4.69) is 32.2 Å². The maximum atomic E-state index is 6.47. The first-order chi connectivity index (χ1) is 9.54. The average molecular weight is 292 g/mol. The molecule has 0 bridgehead atoms. The Bertz CT molecular complexity index is 589. The van der Waals surface area contributed by atoms with Gasteiger partial charge in [-0.15, -0.1) is 0 Å². The van der Waals surface area contributed by atoms with Crippen LogP contribution in [0.1, 0.15) is 47.4 Å². The molecule has 0 fully saturated rings. The molecule has 108 valence electrons. The molecule has 0 amide bonds. The highest BCUT2D eigenvalue weighted by atomic mass is 35.5. The molecule has 0 aliphatic rings. The summed E-state index contributed by atoms with van der Waals surface area (Å²) in [5, 5.41) is 4.38. The minimum absolute atomic E-state index is 0.0838. The molecular formula is C17H22ClNO. The van der Waals surface area contributed by atoms with E-state index in [0.29, 0.717) is 0 Å². The fraction of sp³-hybridized carbons (Fsp3) is 0.412. The number of hydrogen-bond donors (Lipinski definition) is 1. The lowest BCUT2D eigenvalue weighted by Crippen LogP contribution is -2.24. The van der Waals surface area contributed by atoms with Crippen molar-refractivity contribution in [1.29, 1.82) is 0 Å². The zero-order valence-corrected chi connectivity index (χ0v) is 13.3. The third-order valence-electron chi connectivity index (χ3n) is 3.73. The minimum atomic E-state index is 0.0838. The SMILES string of the molecule is CCCNC(c1cc(C)c(C)cc1Cl)c1ccoc1C. The molecule has 20 heavy (non-hydrogen) atoms. The number of benzene rings is 1. The van der Waals surface area contributed by atoms with Crippen molar-refractivity contribution in [1.82, 2.24) is 5.32 Å². The van der Waals surface area contributed by atoms with Crippen LogP contribution in [0, 0.1) is 20.8 Å². The molecule has 1 heterocycles. The first-order valence-corrected chi connectivity index (χ1v) is 7.46. The normalized spacial score (nSPS) is 12.7. The maximum absolute atomic E-state index is 6.47. The monoisotopic (exact) mass is 291 g/mol. The summed E-state index contributed by atoms with van der Waals surface area (Å²) in [6.45, 7) is 9.30. The van der Waals surface area contributed by atoms with Crippen molar-refractivity contribution in [2.24, 2.45) is 0 Å². The second-order valence-corrected chi connectivity index (χ2v) is 5.68. The highest BCUT2D eigenvalue weighted by molar-refractivity contribution is 6.31. The zero-order chi connectivity index (χ0) is 14.7. The van der Waals surface area contributed by atoms with Crippen molar-refractivity contribution >= 4 is 11.6 Å². The van der Waals surface area contributed by atoms with Gasteiger partial charge >= 0.3 is 0 Å². The van der Waals surface area contributed by atoms with E-state index < -0.39 is 0 Å². The van der Waals surface area contributed by atoms with Crippen molar-refractivity contribution in [2.45, 2.75) is 40.2 Å². The van der Waals surface area contributed by atoms with Gasteiger partial charge in [0.15, 0.2) is 0 Å². The van der Waals surface area contributed by atoms with Crippen molar-refractivity contribution in [3.05, 3.63) is 57.5 Å². The van der Waals surface area contributed by atoms with Gasteiger partial charge in [0, 0.05) is 10.6 Å². The van der Waals surface area contributed by atoms with E-state index in [1.807, 2.05) is 19.1 Å². The number of hydrogen-bond acceptors (Lipinski definition) is 2. The molecular weight excluding hydrogens is 270 g/mol. The summed E-state index contributed by atoms with van der Waals surface area (Å²) in [6, 6.07) is 6.33. The third kappa shape index (κ3) is 3.08. The van der Waals surface area contributed by atoms with Crippen molar-refractivity contribution < 1.29 is 4.42 Å². The first-order valence-electron chi connectivity index (χ1n) is 7.08. The van der Waals surface area contributed by atoms with Crippen LogP contribution in [0.3, 0.4) is 0 Å². The van der Waals surface area contributed by atoms with Crippen molar-refractivity contribution in [3.63, 3.8) is 0 Å². The van der Waals surface area contributed by atoms with Crippen molar-refractivity contribution in [2.75, 3.05) is 6.54 Å². The van der Waals surface area contributed by atoms with Crippen LogP contribution < -0.4 is 5.32 Å². The van der Waals surface area contributed by atoms with Gasteiger partial charge in [-0.1, -0.05) is 24.6 Å². The number of aryl methyl sites for hydroxylation is 3. The molecule has 0 aliphatic carbocycles. The number of halogens is 1. The summed E-state index contributed by atoms with van der Waals surface area (Å²) >= 11 is 6.47. The summed E-state index contributed by atoms with van der Waals surface area (Å²) in [7, 11) is 0. The van der Waals surface area contributed by atoms with E-state index >= 15 is 0 Å². The third-order valence-corrected chi connectivity index (χ3v) is 4.06. The molecule has 1 unspecified atom stereocenters. The van der Waals surface area contributed by atoms with Crippen LogP contribution in [-0.4, -0.2) is 6.54 Å². The Hall–Kier alpha value is -1.25. The highest BCUT2D eigenvalue weighted by Crippen LogP contribution is 2.32. The molecule has 3 heteroatoms. The van der Waals surface area contributed by atoms with Crippen LogP contribution >= 0.6 is 11.6 Å². The largest absolute Gasteiger partial charge is 0.469 e. The Balaban J connectivity index is 2.46. The van der Waals surface area contributed by atoms with E-state index in [-0.39, 0.29) is 6.04 Å². The maximum Gasteiger partial charge on any atom is 0.105 e. The number of rotatable bonds is 5. The molecule has 0 saturated carbocycles. The Morgan fingerprint density at radius 1 is 1.15 bits per heavy atom. The van der Waals surface area contributed by atoms with Gasteiger partial charge in [0.25, 0.3) is 0 Å². The Labute approximate surface area is 126 Å². The summed E-state index contributed by atoms with van der Waals surface area (Å²) in [4.78, 5) is 0. The van der Waals surface area contributed by atoms with Gasteiger partial charge < -0.3 is 9.73 Å². The Morgan fingerprint density at radius 2 is 1.85 bits per heavy atom. The topological polar surface area (TPSA) is 25.2 Å². The molecule has 2 aromatic rings. The molecule has 1 aromatic carbocycles. The van der Waals surface area contributed by atoms with Gasteiger partial charge in [-0.25, -0.2) is 0 Å². The van der Waals surface area contributed by atoms with E-state index in [4.69, 9.17) is 16.0 Å². The van der Waals surface area contributed by atoms with E-state index in [0.717, 1.165) is 34.9 Å². The first kappa shape index (κ1) is 15.1. The van der Waals surface area contributed by atoms with Gasteiger partial charge in [0.1, 0.15) is 5.76 Å². The summed E-state index contributed by atoms with van der Waals surface area (Å²) < 4.78 is 5.46.